The number of rotatable bonds is 88. The molecule has 1 N–H and O–H groups in total. The van der Waals surface area contributed by atoms with Crippen LogP contribution in [0.25, 0.3) is 0 Å². The lowest BCUT2D eigenvalue weighted by Gasteiger charge is -2.24. The molecule has 0 rings (SSSR count). The van der Waals surface area contributed by atoms with Gasteiger partial charge in [-0.2, -0.15) is 0 Å². The highest BCUT2D eigenvalue weighted by atomic mass is 31.2. The predicted octanol–water partition coefficient (Wildman–Crippen LogP) is 30.7. The van der Waals surface area contributed by atoms with E-state index >= 15 is 0 Å². The van der Waals surface area contributed by atoms with Crippen LogP contribution in [0.1, 0.15) is 515 Å². The molecule has 0 saturated heterocycles. The van der Waals surface area contributed by atoms with Crippen LogP contribution in [0.2, 0.25) is 0 Å². The number of ether oxygens (including phenoxy) is 2. The maximum absolute atomic E-state index is 12.9. The number of carbonyl (C=O) groups excluding carboxylic acids is 2. The van der Waals surface area contributed by atoms with Crippen molar-refractivity contribution in [3.8, 4) is 0 Å². The lowest BCUT2D eigenvalue weighted by atomic mass is 10.0. The monoisotopic (exact) mass is 1440 g/mol. The Balaban J connectivity index is 3.80. The maximum atomic E-state index is 12.9. The first-order valence-corrected chi connectivity index (χ1v) is 47.3. The van der Waals surface area contributed by atoms with Crippen LogP contribution in [0, 0.1) is 0 Å². The number of hydrogen-bond donors (Lipinski definition) is 1. The van der Waals surface area contributed by atoms with Gasteiger partial charge in [0.15, 0.2) is 6.10 Å². The number of quaternary nitrogens is 1. The Hall–Kier alpha value is -0.990. The molecule has 0 aromatic rings. The first-order valence-electron chi connectivity index (χ1n) is 45.8. The molecule has 0 aromatic heterocycles. The minimum Gasteiger partial charge on any atom is -0.462 e. The van der Waals surface area contributed by atoms with Gasteiger partial charge in [0.2, 0.25) is 0 Å². The highest BCUT2D eigenvalue weighted by Crippen LogP contribution is 2.43. The van der Waals surface area contributed by atoms with Crippen LogP contribution in [0.5, 0.6) is 0 Å². The number of phosphoric ester groups is 1. The van der Waals surface area contributed by atoms with Gasteiger partial charge in [0, 0.05) is 12.8 Å². The Labute approximate surface area is 626 Å². The lowest BCUT2D eigenvalue weighted by molar-refractivity contribution is -0.870. The summed E-state index contributed by atoms with van der Waals surface area (Å²) < 4.78 is 34.9. The SMILES string of the molecule is CCCCCCCCCCCCCCCCCCCCCCCCCCCCCCCCCCCCCCCCCCCC(=O)OC(COC(=O)CCCCCCCCCCCCCCCCCCCCCCCCCCCCCCCCCCCCC)COP(=O)(O)OCC[N+](C)(C)C. The van der Waals surface area contributed by atoms with Gasteiger partial charge in [-0.1, -0.05) is 489 Å². The van der Waals surface area contributed by atoms with E-state index in [-0.39, 0.29) is 25.6 Å². The van der Waals surface area contributed by atoms with Crippen LogP contribution in [0.3, 0.4) is 0 Å². The van der Waals surface area contributed by atoms with Crippen molar-refractivity contribution in [2.24, 2.45) is 0 Å². The highest BCUT2D eigenvalue weighted by molar-refractivity contribution is 7.47. The summed E-state index contributed by atoms with van der Waals surface area (Å²) in [4.78, 5) is 36.1. The first-order chi connectivity index (χ1) is 49.0. The predicted molar refractivity (Wildman–Crippen MR) is 437 cm³/mol. The third-order valence-electron chi connectivity index (χ3n) is 21.6. The Morgan fingerprint density at radius 3 is 0.640 bits per heavy atom. The molecule has 0 aliphatic heterocycles. The second-order valence-corrected chi connectivity index (χ2v) is 34.5. The molecule has 0 aromatic carbocycles. The van der Waals surface area contributed by atoms with Gasteiger partial charge >= 0.3 is 19.8 Å². The Bertz CT molecular complexity index is 1640. The van der Waals surface area contributed by atoms with Crippen LogP contribution in [-0.4, -0.2) is 74.9 Å². The average molecular weight is 1440 g/mol. The second-order valence-electron chi connectivity index (χ2n) is 33.1. The fraction of sp³-hybridized carbons (Fsp3) is 0.978. The van der Waals surface area contributed by atoms with Crippen LogP contribution in [-0.2, 0) is 32.7 Å². The smallest absolute Gasteiger partial charge is 0.462 e. The van der Waals surface area contributed by atoms with Gasteiger partial charge in [-0.25, -0.2) is 4.57 Å². The Kier molecular flexibility index (Phi) is 81.3. The molecule has 2 atom stereocenters. The van der Waals surface area contributed by atoms with Crippen LogP contribution in [0.4, 0.5) is 0 Å². The largest absolute Gasteiger partial charge is 0.472 e. The van der Waals surface area contributed by atoms with Gasteiger partial charge in [-0.3, -0.25) is 18.6 Å². The number of hydrogen-bond acceptors (Lipinski definition) is 7. The molecule has 9 nitrogen and oxygen atoms in total. The van der Waals surface area contributed by atoms with E-state index < -0.39 is 26.5 Å². The van der Waals surface area contributed by atoms with Crippen molar-refractivity contribution in [1.82, 2.24) is 0 Å². The summed E-state index contributed by atoms with van der Waals surface area (Å²) in [6.07, 6.45) is 105. The van der Waals surface area contributed by atoms with E-state index in [1.165, 1.54) is 449 Å². The van der Waals surface area contributed by atoms with Gasteiger partial charge in [0.25, 0.3) is 0 Å². The highest BCUT2D eigenvalue weighted by Gasteiger charge is 2.27. The average Bonchev–Trinajstić information content (AvgIpc) is 1.30. The topological polar surface area (TPSA) is 108 Å². The zero-order valence-corrected chi connectivity index (χ0v) is 69.7. The molecule has 0 bridgehead atoms. The molecule has 0 saturated carbocycles. The number of unbranched alkanes of at least 4 members (excludes halogenated alkanes) is 74. The van der Waals surface area contributed by atoms with Crippen molar-refractivity contribution in [2.45, 2.75) is 521 Å². The molecule has 0 spiro atoms. The number of carbonyl (C=O) groups is 2. The van der Waals surface area contributed by atoms with Crippen molar-refractivity contribution in [3.05, 3.63) is 0 Å². The Morgan fingerprint density at radius 1 is 0.270 bits per heavy atom. The molecule has 0 heterocycles. The molecule has 2 unspecified atom stereocenters. The van der Waals surface area contributed by atoms with E-state index in [9.17, 15) is 19.0 Å². The van der Waals surface area contributed by atoms with Crippen molar-refractivity contribution in [3.63, 3.8) is 0 Å². The normalized spacial score (nSPS) is 12.8. The molecule has 0 amide bonds. The summed E-state index contributed by atoms with van der Waals surface area (Å²) >= 11 is 0. The number of likely N-dealkylation sites (N-methyl/N-ethyl adjacent to an activating group) is 1. The maximum Gasteiger partial charge on any atom is 0.472 e. The second kappa shape index (κ2) is 82.1. The van der Waals surface area contributed by atoms with Crippen LogP contribution >= 0.6 is 7.82 Å². The summed E-state index contributed by atoms with van der Waals surface area (Å²) in [5.74, 6) is -0.762. The van der Waals surface area contributed by atoms with Gasteiger partial charge in [-0.15, -0.1) is 0 Å². The van der Waals surface area contributed by atoms with Crippen molar-refractivity contribution in [1.29, 1.82) is 0 Å². The lowest BCUT2D eigenvalue weighted by Crippen LogP contribution is -2.37. The van der Waals surface area contributed by atoms with Crippen molar-refractivity contribution >= 4 is 19.8 Å². The minimum atomic E-state index is -4.39. The molecule has 598 valence electrons. The number of nitrogens with zero attached hydrogens (tertiary/aromatic N) is 1. The zero-order valence-electron chi connectivity index (χ0n) is 68.8. The van der Waals surface area contributed by atoms with Gasteiger partial charge in [0.1, 0.15) is 19.8 Å². The molecule has 10 heteroatoms. The van der Waals surface area contributed by atoms with Crippen molar-refractivity contribution in [2.75, 3.05) is 47.5 Å². The molecular weight excluding hydrogens is 1250 g/mol. The fourth-order valence-corrected chi connectivity index (χ4v) is 15.4. The summed E-state index contributed by atoms with van der Waals surface area (Å²) in [5, 5.41) is 0. The summed E-state index contributed by atoms with van der Waals surface area (Å²) in [7, 11) is 1.51. The van der Waals surface area contributed by atoms with Crippen molar-refractivity contribution < 1.29 is 42.1 Å². The van der Waals surface area contributed by atoms with E-state index in [2.05, 4.69) is 13.8 Å². The fourth-order valence-electron chi connectivity index (χ4n) is 14.7. The third kappa shape index (κ3) is 85.9. The van der Waals surface area contributed by atoms with E-state index in [4.69, 9.17) is 18.5 Å². The molecule has 0 fully saturated rings. The molecule has 0 radical (unpaired) electrons. The van der Waals surface area contributed by atoms with E-state index in [1.54, 1.807) is 0 Å². The van der Waals surface area contributed by atoms with E-state index in [0.717, 1.165) is 38.5 Å². The van der Waals surface area contributed by atoms with Crippen LogP contribution in [0.15, 0.2) is 0 Å². The van der Waals surface area contributed by atoms with E-state index in [0.29, 0.717) is 17.4 Å². The first kappa shape index (κ1) is 99.0. The third-order valence-corrected chi connectivity index (χ3v) is 22.6. The molecular formula is C90H181NO8P+. The summed E-state index contributed by atoms with van der Waals surface area (Å²) in [6, 6.07) is 0. The van der Waals surface area contributed by atoms with Crippen LogP contribution < -0.4 is 0 Å². The Morgan fingerprint density at radius 2 is 0.450 bits per heavy atom. The molecule has 0 aliphatic carbocycles. The minimum absolute atomic E-state index is 0.0380. The summed E-state index contributed by atoms with van der Waals surface area (Å²) in [6.45, 7) is 4.55. The van der Waals surface area contributed by atoms with Gasteiger partial charge < -0.3 is 18.9 Å². The van der Waals surface area contributed by atoms with Gasteiger partial charge in [0.05, 0.1) is 27.7 Å². The number of esters is 2. The number of phosphoric acid groups is 1. The molecule has 0 aliphatic rings. The standard InChI is InChI=1S/C90H180NO8P/c1-6-8-10-12-14-16-18-20-22-24-26-28-30-32-34-36-38-40-42-43-44-45-46-47-49-51-53-55-57-59-61-63-65-67-69-71-73-75-77-79-81-83-90(93)99-88(87-98-100(94,95)97-85-84-91(3,4)5)86-96-89(92)82-80-78-76-74-72-70-68-66-64-62-60-58-56-54-52-50-48-41-39-37-35-33-31-29-27-25-23-21-19-17-15-13-11-9-7-2/h88H,6-87H2,1-5H3/p+1. The van der Waals surface area contributed by atoms with Gasteiger partial charge in [-0.05, 0) is 12.8 Å². The zero-order chi connectivity index (χ0) is 72.5. The summed E-state index contributed by atoms with van der Waals surface area (Å²) in [5.41, 5.74) is 0. The molecule has 100 heavy (non-hydrogen) atoms. The van der Waals surface area contributed by atoms with E-state index in [1.807, 2.05) is 21.1 Å². The quantitative estimate of drug-likeness (QED) is 0.0278.